The number of nitrogens with one attached hydrogen (secondary N) is 2. The number of halogens is 1. The third kappa shape index (κ3) is 6.09. The molecule has 0 aliphatic carbocycles. The van der Waals surface area contributed by atoms with Crippen LogP contribution >= 0.6 is 11.6 Å². The Hall–Kier alpha value is -3.31. The number of rotatable bonds is 8. The molecule has 6 heteroatoms. The third-order valence-electron chi connectivity index (χ3n) is 4.81. The maximum Gasteiger partial charge on any atom is 0.265 e. The average Bonchev–Trinajstić information content (AvgIpc) is 2.78. The maximum absolute atomic E-state index is 12.9. The van der Waals surface area contributed by atoms with Gasteiger partial charge in [0, 0.05) is 5.02 Å². The molecule has 160 valence electrons. The minimum atomic E-state index is -0.724. The van der Waals surface area contributed by atoms with E-state index in [1.54, 1.807) is 48.5 Å². The quantitative estimate of drug-likeness (QED) is 0.481. The first-order valence-electron chi connectivity index (χ1n) is 10.2. The van der Waals surface area contributed by atoms with Crippen LogP contribution in [0.5, 0.6) is 5.75 Å². The van der Waals surface area contributed by atoms with Crippen molar-refractivity contribution < 1.29 is 14.3 Å². The van der Waals surface area contributed by atoms with Crippen molar-refractivity contribution in [3.8, 4) is 5.75 Å². The van der Waals surface area contributed by atoms with Crippen LogP contribution in [0.25, 0.3) is 0 Å². The van der Waals surface area contributed by atoms with Gasteiger partial charge in [0.05, 0.1) is 17.3 Å². The Morgan fingerprint density at radius 2 is 1.68 bits per heavy atom. The van der Waals surface area contributed by atoms with Crippen molar-refractivity contribution in [1.29, 1.82) is 0 Å². The average molecular weight is 437 g/mol. The van der Waals surface area contributed by atoms with Crippen LogP contribution < -0.4 is 15.4 Å². The summed E-state index contributed by atoms with van der Waals surface area (Å²) in [7, 11) is 0. The highest BCUT2D eigenvalue weighted by molar-refractivity contribution is 6.30. The first-order chi connectivity index (χ1) is 15.0. The largest absolute Gasteiger partial charge is 0.481 e. The Labute approximate surface area is 187 Å². The second-order valence-corrected chi connectivity index (χ2v) is 7.55. The third-order valence-corrected chi connectivity index (χ3v) is 5.05. The molecule has 0 fully saturated rings. The normalized spacial score (nSPS) is 12.5. The van der Waals surface area contributed by atoms with Gasteiger partial charge in [0.2, 0.25) is 0 Å². The smallest absolute Gasteiger partial charge is 0.265 e. The second kappa shape index (κ2) is 10.6. The van der Waals surface area contributed by atoms with Gasteiger partial charge in [0.25, 0.3) is 11.8 Å². The van der Waals surface area contributed by atoms with Gasteiger partial charge in [-0.2, -0.15) is 0 Å². The summed E-state index contributed by atoms with van der Waals surface area (Å²) in [4.78, 5) is 25.7. The van der Waals surface area contributed by atoms with Gasteiger partial charge < -0.3 is 15.4 Å². The van der Waals surface area contributed by atoms with Gasteiger partial charge in [-0.15, -0.1) is 0 Å². The van der Waals surface area contributed by atoms with E-state index in [2.05, 4.69) is 10.6 Å². The molecule has 0 spiro atoms. The molecule has 2 atom stereocenters. The molecular formula is C25H25ClN2O3. The number of hydrogen-bond acceptors (Lipinski definition) is 3. The lowest BCUT2D eigenvalue weighted by Gasteiger charge is -2.19. The fourth-order valence-electron chi connectivity index (χ4n) is 3.13. The standard InChI is InChI=1S/C25H25ClN2O3/c1-3-23(31-20-13-9-12-19(26)16-20)25(30)28-22-15-8-7-14-21(22)24(29)27-17(2)18-10-5-4-6-11-18/h4-17,23H,3H2,1-2H3,(H,27,29)(H,28,30)/t17-,23+/m0/s1. The van der Waals surface area contributed by atoms with Gasteiger partial charge in [-0.3, -0.25) is 9.59 Å². The molecule has 0 bridgehead atoms. The first-order valence-corrected chi connectivity index (χ1v) is 10.5. The van der Waals surface area contributed by atoms with E-state index in [1.807, 2.05) is 44.2 Å². The highest BCUT2D eigenvalue weighted by atomic mass is 35.5. The number of amides is 2. The van der Waals surface area contributed by atoms with Gasteiger partial charge in [-0.25, -0.2) is 0 Å². The molecule has 0 heterocycles. The van der Waals surface area contributed by atoms with E-state index in [1.165, 1.54) is 0 Å². The van der Waals surface area contributed by atoms with E-state index in [0.717, 1.165) is 5.56 Å². The second-order valence-electron chi connectivity index (χ2n) is 7.11. The minimum absolute atomic E-state index is 0.174. The lowest BCUT2D eigenvalue weighted by atomic mass is 10.1. The van der Waals surface area contributed by atoms with Crippen LogP contribution in [-0.2, 0) is 4.79 Å². The zero-order valence-corrected chi connectivity index (χ0v) is 18.2. The van der Waals surface area contributed by atoms with E-state index in [-0.39, 0.29) is 17.9 Å². The molecule has 31 heavy (non-hydrogen) atoms. The van der Waals surface area contributed by atoms with Gasteiger partial charge >= 0.3 is 0 Å². The summed E-state index contributed by atoms with van der Waals surface area (Å²) in [6.45, 7) is 3.77. The van der Waals surface area contributed by atoms with Crippen LogP contribution in [0.4, 0.5) is 5.69 Å². The summed E-state index contributed by atoms with van der Waals surface area (Å²) in [5, 5.41) is 6.34. The molecule has 2 amide bonds. The van der Waals surface area contributed by atoms with E-state index in [9.17, 15) is 9.59 Å². The Bertz CT molecular complexity index is 1040. The summed E-state index contributed by atoms with van der Waals surface area (Å²) < 4.78 is 5.80. The lowest BCUT2D eigenvalue weighted by molar-refractivity contribution is -0.122. The van der Waals surface area contributed by atoms with E-state index >= 15 is 0 Å². The van der Waals surface area contributed by atoms with Crippen molar-refractivity contribution in [1.82, 2.24) is 5.32 Å². The van der Waals surface area contributed by atoms with Crippen molar-refractivity contribution >= 4 is 29.1 Å². The zero-order chi connectivity index (χ0) is 22.2. The fourth-order valence-corrected chi connectivity index (χ4v) is 3.31. The van der Waals surface area contributed by atoms with Crippen LogP contribution in [0.3, 0.4) is 0 Å². The maximum atomic E-state index is 12.9. The molecule has 3 rings (SSSR count). The molecule has 0 radical (unpaired) electrons. The molecule has 0 aliphatic heterocycles. The van der Waals surface area contributed by atoms with Crippen molar-refractivity contribution in [2.75, 3.05) is 5.32 Å². The number of para-hydroxylation sites is 1. The summed E-state index contributed by atoms with van der Waals surface area (Å²) in [5.74, 6) is -0.0906. The molecule has 0 saturated carbocycles. The fraction of sp³-hybridized carbons (Fsp3) is 0.200. The van der Waals surface area contributed by atoms with Crippen molar-refractivity contribution in [3.63, 3.8) is 0 Å². The van der Waals surface area contributed by atoms with Gasteiger partial charge in [-0.05, 0) is 49.2 Å². The number of hydrogen-bond donors (Lipinski definition) is 2. The predicted molar refractivity (Wildman–Crippen MR) is 124 cm³/mol. The van der Waals surface area contributed by atoms with Gasteiger partial charge in [0.15, 0.2) is 6.10 Å². The summed E-state index contributed by atoms with van der Waals surface area (Å²) in [5.41, 5.74) is 1.81. The Morgan fingerprint density at radius 3 is 2.39 bits per heavy atom. The molecule has 5 nitrogen and oxygen atoms in total. The molecule has 3 aromatic rings. The van der Waals surface area contributed by atoms with E-state index in [4.69, 9.17) is 16.3 Å². The minimum Gasteiger partial charge on any atom is -0.481 e. The van der Waals surface area contributed by atoms with E-state index in [0.29, 0.717) is 28.4 Å². The number of ether oxygens (including phenoxy) is 1. The summed E-state index contributed by atoms with van der Waals surface area (Å²) in [6.07, 6.45) is -0.268. The predicted octanol–water partition coefficient (Wildman–Crippen LogP) is 5.63. The molecule has 3 aromatic carbocycles. The number of carbonyl (C=O) groups is 2. The highest BCUT2D eigenvalue weighted by Gasteiger charge is 2.21. The Balaban J connectivity index is 1.71. The van der Waals surface area contributed by atoms with E-state index < -0.39 is 6.10 Å². The highest BCUT2D eigenvalue weighted by Crippen LogP contribution is 2.21. The number of carbonyl (C=O) groups excluding carboxylic acids is 2. The van der Waals surface area contributed by atoms with Crippen LogP contribution in [0.2, 0.25) is 5.02 Å². The monoisotopic (exact) mass is 436 g/mol. The lowest BCUT2D eigenvalue weighted by Crippen LogP contribution is -2.34. The van der Waals surface area contributed by atoms with Gasteiger partial charge in [0.1, 0.15) is 5.75 Å². The number of anilines is 1. The Kier molecular flexibility index (Phi) is 7.68. The molecule has 0 aromatic heterocycles. The van der Waals surface area contributed by atoms with Gasteiger partial charge in [-0.1, -0.05) is 67.1 Å². The van der Waals surface area contributed by atoms with Crippen molar-refractivity contribution in [2.24, 2.45) is 0 Å². The zero-order valence-electron chi connectivity index (χ0n) is 17.5. The molecular weight excluding hydrogens is 412 g/mol. The summed E-state index contributed by atoms with van der Waals surface area (Å²) >= 11 is 6.00. The molecule has 2 N–H and O–H groups in total. The molecule has 0 saturated heterocycles. The van der Waals surface area contributed by atoms with Crippen molar-refractivity contribution in [2.45, 2.75) is 32.4 Å². The van der Waals surface area contributed by atoms with Crippen LogP contribution in [0, 0.1) is 0 Å². The molecule has 0 aliphatic rings. The summed E-state index contributed by atoms with van der Waals surface area (Å²) in [6, 6.07) is 23.3. The SMILES string of the molecule is CC[C@@H](Oc1cccc(Cl)c1)C(=O)Nc1ccccc1C(=O)N[C@@H](C)c1ccccc1. The Morgan fingerprint density at radius 1 is 0.968 bits per heavy atom. The van der Waals surface area contributed by atoms with Crippen LogP contribution in [0.1, 0.15) is 42.2 Å². The first kappa shape index (κ1) is 22.4. The van der Waals surface area contributed by atoms with Crippen LogP contribution in [0.15, 0.2) is 78.9 Å². The topological polar surface area (TPSA) is 67.4 Å². The molecule has 0 unspecified atom stereocenters. The van der Waals surface area contributed by atoms with Crippen molar-refractivity contribution in [3.05, 3.63) is 95.0 Å². The number of benzene rings is 3. The van der Waals surface area contributed by atoms with Crippen LogP contribution in [-0.4, -0.2) is 17.9 Å².